The highest BCUT2D eigenvalue weighted by molar-refractivity contribution is 6.00. The van der Waals surface area contributed by atoms with Crippen LogP contribution < -0.4 is 0 Å². The van der Waals surface area contributed by atoms with Crippen molar-refractivity contribution in [1.29, 1.82) is 0 Å². The first-order valence-corrected chi connectivity index (χ1v) is 5.81. The fraction of sp³-hybridized carbons (Fsp3) is 0.385. The minimum Gasteiger partial charge on any atom is -0.478 e. The third kappa shape index (κ3) is 3.08. The lowest BCUT2D eigenvalue weighted by Crippen LogP contribution is -2.19. The van der Waals surface area contributed by atoms with Crippen LogP contribution in [0.5, 0.6) is 0 Å². The van der Waals surface area contributed by atoms with E-state index in [1.807, 2.05) is 20.8 Å². The zero-order valence-electron chi connectivity index (χ0n) is 11.0. The van der Waals surface area contributed by atoms with Crippen LogP contribution in [0.3, 0.4) is 0 Å². The van der Waals surface area contributed by atoms with Crippen molar-refractivity contribution in [2.45, 2.75) is 33.0 Å². The molecule has 0 spiro atoms. The van der Waals surface area contributed by atoms with Gasteiger partial charge in [0.15, 0.2) is 0 Å². The quantitative estimate of drug-likeness (QED) is 0.895. The van der Waals surface area contributed by atoms with Crippen LogP contribution in [-0.4, -0.2) is 26.6 Å². The monoisotopic (exact) mass is 266 g/mol. The maximum absolute atomic E-state index is 13.3. The summed E-state index contributed by atoms with van der Waals surface area (Å²) in [4.78, 5) is 18.1. The number of carbonyl (C=O) groups is 1. The van der Waals surface area contributed by atoms with E-state index in [9.17, 15) is 9.18 Å². The number of hydrogen-bond donors (Lipinski definition) is 2. The summed E-state index contributed by atoms with van der Waals surface area (Å²) in [5, 5.41) is 9.02. The van der Waals surface area contributed by atoms with Gasteiger partial charge in [-0.2, -0.15) is 0 Å². The second-order valence-electron chi connectivity index (χ2n) is 5.24. The normalized spacial score (nSPS) is 12.0. The molecule has 1 aromatic carbocycles. The average Bonchev–Trinajstić information content (AvgIpc) is 2.66. The topological polar surface area (TPSA) is 75.2 Å². The number of nitrogens with zero attached hydrogens (tertiary/aromatic N) is 1. The number of carboxylic acid groups (broad SMARTS) is 1. The summed E-state index contributed by atoms with van der Waals surface area (Å²) in [5.41, 5.74) is 0.0967. The molecule has 6 heteroatoms. The van der Waals surface area contributed by atoms with Crippen molar-refractivity contribution in [3.63, 3.8) is 0 Å². The zero-order valence-corrected chi connectivity index (χ0v) is 11.0. The molecule has 0 bridgehead atoms. The number of fused-ring (bicyclic) bond motifs is 1. The van der Waals surface area contributed by atoms with E-state index in [0.29, 0.717) is 11.3 Å². The van der Waals surface area contributed by atoms with Gasteiger partial charge in [-0.1, -0.05) is 0 Å². The summed E-state index contributed by atoms with van der Waals surface area (Å²) < 4.78 is 18.8. The molecule has 0 unspecified atom stereocenters. The minimum absolute atomic E-state index is 0.159. The Morgan fingerprint density at radius 1 is 1.47 bits per heavy atom. The van der Waals surface area contributed by atoms with Gasteiger partial charge >= 0.3 is 5.97 Å². The van der Waals surface area contributed by atoms with Crippen molar-refractivity contribution < 1.29 is 19.0 Å². The molecule has 0 aliphatic rings. The Labute approximate surface area is 109 Å². The number of aromatic nitrogens is 2. The van der Waals surface area contributed by atoms with Crippen molar-refractivity contribution in [1.82, 2.24) is 9.97 Å². The third-order valence-corrected chi connectivity index (χ3v) is 2.47. The van der Waals surface area contributed by atoms with Crippen LogP contribution in [0.2, 0.25) is 0 Å². The van der Waals surface area contributed by atoms with Crippen molar-refractivity contribution in [2.75, 3.05) is 0 Å². The Morgan fingerprint density at radius 3 is 2.74 bits per heavy atom. The molecule has 2 aromatic rings. The molecule has 102 valence electrons. The van der Waals surface area contributed by atoms with E-state index in [2.05, 4.69) is 9.97 Å². The molecular weight excluding hydrogens is 251 g/mol. The highest BCUT2D eigenvalue weighted by Crippen LogP contribution is 2.20. The maximum Gasteiger partial charge on any atom is 0.338 e. The van der Waals surface area contributed by atoms with E-state index in [4.69, 9.17) is 9.84 Å². The number of rotatable bonds is 3. The molecular formula is C13H15FN2O3. The second kappa shape index (κ2) is 4.62. The van der Waals surface area contributed by atoms with Gasteiger partial charge in [0.05, 0.1) is 16.7 Å². The van der Waals surface area contributed by atoms with Crippen LogP contribution in [-0.2, 0) is 11.3 Å². The number of benzene rings is 1. The Bertz CT molecular complexity index is 629. The molecule has 0 atom stereocenters. The lowest BCUT2D eigenvalue weighted by molar-refractivity contribution is -0.0177. The molecule has 0 fully saturated rings. The number of hydrogen-bond acceptors (Lipinski definition) is 3. The number of halogens is 1. The fourth-order valence-electron chi connectivity index (χ4n) is 1.65. The summed E-state index contributed by atoms with van der Waals surface area (Å²) in [6.07, 6.45) is 0. The zero-order chi connectivity index (χ0) is 14.2. The summed E-state index contributed by atoms with van der Waals surface area (Å²) in [6, 6.07) is 2.18. The van der Waals surface area contributed by atoms with E-state index in [1.54, 1.807) is 0 Å². The number of imidazole rings is 1. The van der Waals surface area contributed by atoms with Gasteiger partial charge in [0.1, 0.15) is 23.8 Å². The standard InChI is InChI=1S/C13H15FN2O3/c1-13(2,3)19-6-10-15-9-5-7(14)4-8(12(17)18)11(9)16-10/h4-5H,6H2,1-3H3,(H,15,16)(H,17,18). The van der Waals surface area contributed by atoms with Gasteiger partial charge in [-0.15, -0.1) is 0 Å². The van der Waals surface area contributed by atoms with Crippen LogP contribution in [0.1, 0.15) is 37.0 Å². The van der Waals surface area contributed by atoms with Crippen molar-refractivity contribution in [3.05, 3.63) is 29.3 Å². The van der Waals surface area contributed by atoms with Gasteiger partial charge in [0, 0.05) is 0 Å². The fourth-order valence-corrected chi connectivity index (χ4v) is 1.65. The summed E-state index contributed by atoms with van der Waals surface area (Å²) in [5.74, 6) is -1.35. The van der Waals surface area contributed by atoms with Crippen molar-refractivity contribution >= 4 is 17.0 Å². The number of aromatic amines is 1. The van der Waals surface area contributed by atoms with Crippen LogP contribution in [0.15, 0.2) is 12.1 Å². The van der Waals surface area contributed by atoms with E-state index in [-0.39, 0.29) is 23.3 Å². The predicted molar refractivity (Wildman–Crippen MR) is 67.6 cm³/mol. The van der Waals surface area contributed by atoms with Crippen LogP contribution in [0.25, 0.3) is 11.0 Å². The van der Waals surface area contributed by atoms with Crippen molar-refractivity contribution in [2.24, 2.45) is 0 Å². The molecule has 0 aliphatic heterocycles. The lowest BCUT2D eigenvalue weighted by Gasteiger charge is -2.18. The van der Waals surface area contributed by atoms with Gasteiger partial charge in [-0.3, -0.25) is 0 Å². The largest absolute Gasteiger partial charge is 0.478 e. The first-order valence-electron chi connectivity index (χ1n) is 5.81. The molecule has 0 saturated heterocycles. The Kier molecular flexibility index (Phi) is 3.28. The van der Waals surface area contributed by atoms with Crippen LogP contribution in [0.4, 0.5) is 4.39 Å². The average molecular weight is 266 g/mol. The molecule has 2 rings (SSSR count). The highest BCUT2D eigenvalue weighted by atomic mass is 19.1. The van der Waals surface area contributed by atoms with E-state index >= 15 is 0 Å². The van der Waals surface area contributed by atoms with E-state index in [0.717, 1.165) is 6.07 Å². The first-order chi connectivity index (χ1) is 8.76. The van der Waals surface area contributed by atoms with Crippen LogP contribution >= 0.6 is 0 Å². The summed E-state index contributed by atoms with van der Waals surface area (Å²) >= 11 is 0. The maximum atomic E-state index is 13.3. The third-order valence-electron chi connectivity index (χ3n) is 2.47. The molecule has 1 aromatic heterocycles. The minimum atomic E-state index is -1.21. The molecule has 0 amide bonds. The van der Waals surface area contributed by atoms with Gasteiger partial charge in [-0.25, -0.2) is 14.2 Å². The van der Waals surface area contributed by atoms with E-state index < -0.39 is 11.8 Å². The second-order valence-corrected chi connectivity index (χ2v) is 5.24. The van der Waals surface area contributed by atoms with E-state index in [1.165, 1.54) is 6.07 Å². The first kappa shape index (κ1) is 13.5. The molecule has 1 heterocycles. The van der Waals surface area contributed by atoms with Gasteiger partial charge in [0.2, 0.25) is 0 Å². The Hall–Kier alpha value is -1.95. The van der Waals surface area contributed by atoms with Gasteiger partial charge < -0.3 is 14.8 Å². The molecule has 2 N–H and O–H groups in total. The predicted octanol–water partition coefficient (Wildman–Crippen LogP) is 2.72. The van der Waals surface area contributed by atoms with Crippen LogP contribution in [0, 0.1) is 5.82 Å². The molecule has 5 nitrogen and oxygen atoms in total. The lowest BCUT2D eigenvalue weighted by atomic mass is 10.2. The smallest absolute Gasteiger partial charge is 0.338 e. The Morgan fingerprint density at radius 2 is 2.16 bits per heavy atom. The number of ether oxygens (including phenoxy) is 1. The summed E-state index contributed by atoms with van der Waals surface area (Å²) in [6.45, 7) is 5.91. The molecule has 0 saturated carbocycles. The molecule has 0 radical (unpaired) electrons. The molecule has 19 heavy (non-hydrogen) atoms. The number of aromatic carboxylic acids is 1. The molecule has 0 aliphatic carbocycles. The number of nitrogens with one attached hydrogen (secondary N) is 1. The number of carboxylic acids is 1. The summed E-state index contributed by atoms with van der Waals surface area (Å²) in [7, 11) is 0. The van der Waals surface area contributed by atoms with Crippen molar-refractivity contribution in [3.8, 4) is 0 Å². The highest BCUT2D eigenvalue weighted by Gasteiger charge is 2.16. The van der Waals surface area contributed by atoms with Gasteiger partial charge in [0.25, 0.3) is 0 Å². The SMILES string of the molecule is CC(C)(C)OCc1nc2c(C(=O)O)cc(F)cc2[nH]1. The Balaban J connectivity index is 2.40. The van der Waals surface area contributed by atoms with Gasteiger partial charge in [-0.05, 0) is 32.9 Å². The number of H-pyrrole nitrogens is 1.